The molecule has 0 bridgehead atoms. The maximum Gasteiger partial charge on any atom is 0.336 e. The number of aryl methyl sites for hydroxylation is 1. The molecule has 2 N–H and O–H groups in total. The van der Waals surface area contributed by atoms with Gasteiger partial charge in [-0.3, -0.25) is 9.59 Å². The van der Waals surface area contributed by atoms with E-state index in [1.54, 1.807) is 25.1 Å². The van der Waals surface area contributed by atoms with Gasteiger partial charge >= 0.3 is 5.97 Å². The zero-order chi connectivity index (χ0) is 17.1. The van der Waals surface area contributed by atoms with Gasteiger partial charge in [0.05, 0.1) is 18.6 Å². The van der Waals surface area contributed by atoms with E-state index >= 15 is 0 Å². The standard InChI is InChI=1S/C16H17ClN2O4/c1-8-4-5-10(17)6-12(8)19-15(21)11-7-13(20)18-9(2)14(11)16(22)23-3/h4-6,11H,7H2,1-3H3,(H,18,20)(H,19,21). The Bertz CT molecular complexity index is 712. The minimum atomic E-state index is -0.908. The third-order valence-electron chi connectivity index (χ3n) is 3.65. The molecule has 0 saturated heterocycles. The van der Waals surface area contributed by atoms with Crippen molar-refractivity contribution in [3.05, 3.63) is 40.1 Å². The number of esters is 1. The van der Waals surface area contributed by atoms with E-state index in [9.17, 15) is 14.4 Å². The van der Waals surface area contributed by atoms with E-state index < -0.39 is 17.8 Å². The molecule has 2 amide bonds. The SMILES string of the molecule is COC(=O)C1=C(C)NC(=O)CC1C(=O)Nc1cc(Cl)ccc1C. The van der Waals surface area contributed by atoms with Crippen LogP contribution < -0.4 is 10.6 Å². The van der Waals surface area contributed by atoms with Crippen molar-refractivity contribution in [2.75, 3.05) is 12.4 Å². The average Bonchev–Trinajstić information content (AvgIpc) is 2.49. The first-order valence-electron chi connectivity index (χ1n) is 6.99. The number of carbonyl (C=O) groups is 3. The second-order valence-electron chi connectivity index (χ2n) is 5.28. The lowest BCUT2D eigenvalue weighted by Gasteiger charge is -2.25. The van der Waals surface area contributed by atoms with Gasteiger partial charge in [-0.2, -0.15) is 0 Å². The van der Waals surface area contributed by atoms with E-state index in [1.807, 2.05) is 6.92 Å². The molecule has 0 spiro atoms. The summed E-state index contributed by atoms with van der Waals surface area (Å²) in [4.78, 5) is 36.2. The Morgan fingerprint density at radius 3 is 2.70 bits per heavy atom. The topological polar surface area (TPSA) is 84.5 Å². The van der Waals surface area contributed by atoms with Crippen LogP contribution >= 0.6 is 11.6 Å². The number of hydrogen-bond acceptors (Lipinski definition) is 4. The summed E-state index contributed by atoms with van der Waals surface area (Å²) in [5.41, 5.74) is 1.85. The van der Waals surface area contributed by atoms with E-state index in [2.05, 4.69) is 10.6 Å². The molecular formula is C16H17ClN2O4. The van der Waals surface area contributed by atoms with Crippen molar-refractivity contribution in [1.29, 1.82) is 0 Å². The Balaban J connectivity index is 2.32. The van der Waals surface area contributed by atoms with E-state index in [0.717, 1.165) is 5.56 Å². The van der Waals surface area contributed by atoms with Gasteiger partial charge in [-0.15, -0.1) is 0 Å². The number of methoxy groups -OCH3 is 1. The molecule has 23 heavy (non-hydrogen) atoms. The Morgan fingerprint density at radius 2 is 2.04 bits per heavy atom. The Kier molecular flexibility index (Phi) is 5.05. The van der Waals surface area contributed by atoms with Crippen LogP contribution in [0.15, 0.2) is 29.5 Å². The lowest BCUT2D eigenvalue weighted by atomic mass is 9.89. The summed E-state index contributed by atoms with van der Waals surface area (Å²) in [6, 6.07) is 5.10. The molecule has 1 aliphatic rings. The highest BCUT2D eigenvalue weighted by atomic mass is 35.5. The zero-order valence-electron chi connectivity index (χ0n) is 13.0. The van der Waals surface area contributed by atoms with Gasteiger partial charge in [-0.25, -0.2) is 4.79 Å². The maximum atomic E-state index is 12.6. The van der Waals surface area contributed by atoms with Crippen LogP contribution in [0.25, 0.3) is 0 Å². The third-order valence-corrected chi connectivity index (χ3v) is 3.88. The van der Waals surface area contributed by atoms with Gasteiger partial charge in [0.15, 0.2) is 0 Å². The normalized spacial score (nSPS) is 17.6. The fraction of sp³-hybridized carbons (Fsp3) is 0.312. The number of nitrogens with one attached hydrogen (secondary N) is 2. The quantitative estimate of drug-likeness (QED) is 0.828. The predicted molar refractivity (Wildman–Crippen MR) is 85.8 cm³/mol. The summed E-state index contributed by atoms with van der Waals surface area (Å²) >= 11 is 5.94. The second-order valence-corrected chi connectivity index (χ2v) is 5.72. The van der Waals surface area contributed by atoms with Crippen LogP contribution in [0.2, 0.25) is 5.02 Å². The molecule has 6 nitrogen and oxygen atoms in total. The minimum Gasteiger partial charge on any atom is -0.466 e. The number of allylic oxidation sites excluding steroid dienone is 1. The van der Waals surface area contributed by atoms with Crippen LogP contribution in [-0.4, -0.2) is 24.9 Å². The lowest BCUT2D eigenvalue weighted by Crippen LogP contribution is -2.40. The van der Waals surface area contributed by atoms with Gasteiger partial charge < -0.3 is 15.4 Å². The van der Waals surface area contributed by atoms with E-state index in [1.165, 1.54) is 7.11 Å². The number of carbonyl (C=O) groups excluding carboxylic acids is 3. The second kappa shape index (κ2) is 6.83. The van der Waals surface area contributed by atoms with Crippen molar-refractivity contribution < 1.29 is 19.1 Å². The van der Waals surface area contributed by atoms with Crippen LogP contribution in [0.3, 0.4) is 0 Å². The molecule has 0 aliphatic carbocycles. The molecule has 1 aromatic rings. The summed E-state index contributed by atoms with van der Waals surface area (Å²) in [7, 11) is 1.23. The predicted octanol–water partition coefficient (Wildman–Crippen LogP) is 2.17. The summed E-state index contributed by atoms with van der Waals surface area (Å²) in [5.74, 6) is -2.32. The van der Waals surface area contributed by atoms with Crippen molar-refractivity contribution in [3.8, 4) is 0 Å². The molecule has 0 aromatic heterocycles. The molecule has 1 unspecified atom stereocenters. The fourth-order valence-electron chi connectivity index (χ4n) is 2.45. The lowest BCUT2D eigenvalue weighted by molar-refractivity contribution is -0.139. The monoisotopic (exact) mass is 336 g/mol. The molecule has 1 atom stereocenters. The number of benzene rings is 1. The molecule has 0 radical (unpaired) electrons. The summed E-state index contributed by atoms with van der Waals surface area (Å²) < 4.78 is 4.72. The van der Waals surface area contributed by atoms with Crippen molar-refractivity contribution in [1.82, 2.24) is 5.32 Å². The van der Waals surface area contributed by atoms with Crippen molar-refractivity contribution in [2.45, 2.75) is 20.3 Å². The number of ether oxygens (including phenoxy) is 1. The first kappa shape index (κ1) is 17.0. The van der Waals surface area contributed by atoms with E-state index in [4.69, 9.17) is 16.3 Å². The fourth-order valence-corrected chi connectivity index (χ4v) is 2.63. The first-order chi connectivity index (χ1) is 10.8. The number of rotatable bonds is 3. The third kappa shape index (κ3) is 3.71. The van der Waals surface area contributed by atoms with Gasteiger partial charge in [0.25, 0.3) is 0 Å². The molecule has 1 aromatic carbocycles. The zero-order valence-corrected chi connectivity index (χ0v) is 13.8. The van der Waals surface area contributed by atoms with Crippen LogP contribution in [0.4, 0.5) is 5.69 Å². The van der Waals surface area contributed by atoms with E-state index in [-0.39, 0.29) is 17.9 Å². The maximum absolute atomic E-state index is 12.6. The molecule has 0 fully saturated rings. The van der Waals surface area contributed by atoms with Crippen molar-refractivity contribution in [3.63, 3.8) is 0 Å². The van der Waals surface area contributed by atoms with Crippen molar-refractivity contribution >= 4 is 35.1 Å². The highest BCUT2D eigenvalue weighted by molar-refractivity contribution is 6.31. The Labute approximate surface area is 138 Å². The van der Waals surface area contributed by atoms with Crippen LogP contribution in [0.1, 0.15) is 18.9 Å². The molecule has 122 valence electrons. The van der Waals surface area contributed by atoms with Crippen LogP contribution in [-0.2, 0) is 19.1 Å². The van der Waals surface area contributed by atoms with Crippen LogP contribution in [0, 0.1) is 12.8 Å². The molecule has 1 heterocycles. The highest BCUT2D eigenvalue weighted by Gasteiger charge is 2.36. The van der Waals surface area contributed by atoms with Crippen molar-refractivity contribution in [2.24, 2.45) is 5.92 Å². The number of hydrogen-bond donors (Lipinski definition) is 2. The van der Waals surface area contributed by atoms with Gasteiger partial charge in [-0.05, 0) is 31.5 Å². The van der Waals surface area contributed by atoms with Gasteiger partial charge in [0.1, 0.15) is 0 Å². The van der Waals surface area contributed by atoms with Gasteiger partial charge in [0.2, 0.25) is 11.8 Å². The van der Waals surface area contributed by atoms with E-state index in [0.29, 0.717) is 16.4 Å². The number of amides is 2. The number of anilines is 1. The molecule has 7 heteroatoms. The Morgan fingerprint density at radius 1 is 1.35 bits per heavy atom. The van der Waals surface area contributed by atoms with Gasteiger partial charge in [-0.1, -0.05) is 17.7 Å². The summed E-state index contributed by atoms with van der Waals surface area (Å²) in [5, 5.41) is 5.76. The molecule has 2 rings (SSSR count). The number of halogens is 1. The summed E-state index contributed by atoms with van der Waals surface area (Å²) in [6.07, 6.45) is -0.118. The summed E-state index contributed by atoms with van der Waals surface area (Å²) in [6.45, 7) is 3.38. The van der Waals surface area contributed by atoms with Gasteiger partial charge in [0, 0.05) is 22.8 Å². The molecule has 1 aliphatic heterocycles. The average molecular weight is 337 g/mol. The minimum absolute atomic E-state index is 0.118. The first-order valence-corrected chi connectivity index (χ1v) is 7.37. The largest absolute Gasteiger partial charge is 0.466 e. The highest BCUT2D eigenvalue weighted by Crippen LogP contribution is 2.27. The Hall–Kier alpha value is -2.34. The molecular weight excluding hydrogens is 320 g/mol. The smallest absolute Gasteiger partial charge is 0.336 e. The van der Waals surface area contributed by atoms with Crippen LogP contribution in [0.5, 0.6) is 0 Å². The molecule has 0 saturated carbocycles.